The van der Waals surface area contributed by atoms with Crippen LogP contribution < -0.4 is 0 Å². The molecule has 6 atom stereocenters. The van der Waals surface area contributed by atoms with Gasteiger partial charge in [-0.25, -0.2) is 0 Å². The smallest absolute Gasteiger partial charge is 0.383 e. The Balaban J connectivity index is 1.67. The van der Waals surface area contributed by atoms with E-state index in [2.05, 4.69) is 0 Å². The van der Waals surface area contributed by atoms with Crippen LogP contribution in [-0.2, 0) is 9.53 Å². The Morgan fingerprint density at radius 1 is 1.05 bits per heavy atom. The van der Waals surface area contributed by atoms with Crippen LogP contribution in [0.15, 0.2) is 47.1 Å². The summed E-state index contributed by atoms with van der Waals surface area (Å²) in [5, 5.41) is 11.3. The molecule has 0 spiro atoms. The van der Waals surface area contributed by atoms with Gasteiger partial charge in [0.1, 0.15) is 5.60 Å². The molecular weight excluding hydrogens is 491 g/mol. The number of carbonyl (C=O) groups excluding carboxylic acids is 1. The van der Waals surface area contributed by atoms with Crippen molar-refractivity contribution < 1.29 is 36.6 Å². The molecule has 202 valence electrons. The highest BCUT2D eigenvalue weighted by molar-refractivity contribution is 5.93. The van der Waals surface area contributed by atoms with E-state index < -0.39 is 41.4 Å². The second-order valence-corrected chi connectivity index (χ2v) is 11.5. The van der Waals surface area contributed by atoms with Gasteiger partial charge in [-0.15, -0.1) is 0 Å². The molecule has 4 aliphatic carbocycles. The quantitative estimate of drug-likeness (QED) is 0.423. The number of aliphatic hydroxyl groups is 1. The lowest BCUT2D eigenvalue weighted by molar-refractivity contribution is -0.362. The molecule has 37 heavy (non-hydrogen) atoms. The van der Waals surface area contributed by atoms with Crippen LogP contribution >= 0.6 is 0 Å². The van der Waals surface area contributed by atoms with Crippen LogP contribution in [0.4, 0.5) is 22.0 Å². The van der Waals surface area contributed by atoms with Crippen LogP contribution in [0.1, 0.15) is 81.9 Å². The third-order valence-corrected chi connectivity index (χ3v) is 9.92. The fourth-order valence-corrected chi connectivity index (χ4v) is 7.85. The van der Waals surface area contributed by atoms with Gasteiger partial charge in [-0.2, -0.15) is 22.0 Å². The predicted molar refractivity (Wildman–Crippen MR) is 128 cm³/mol. The first-order chi connectivity index (χ1) is 17.2. The Morgan fingerprint density at radius 3 is 2.35 bits per heavy atom. The molecule has 0 heterocycles. The van der Waals surface area contributed by atoms with Crippen LogP contribution in [0.5, 0.6) is 0 Å². The first kappa shape index (κ1) is 26.5. The Hall–Kier alpha value is -2.06. The molecule has 3 nitrogen and oxygen atoms in total. The lowest BCUT2D eigenvalue weighted by Gasteiger charge is -2.56. The van der Waals surface area contributed by atoms with Crippen LogP contribution in [-0.4, -0.2) is 35.7 Å². The predicted octanol–water partition coefficient (Wildman–Crippen LogP) is 7.22. The second kappa shape index (κ2) is 8.73. The molecular formula is C29H33F5O3. The number of halogens is 5. The van der Waals surface area contributed by atoms with E-state index in [1.807, 2.05) is 31.2 Å². The van der Waals surface area contributed by atoms with Crippen molar-refractivity contribution in [2.24, 2.45) is 17.3 Å². The van der Waals surface area contributed by atoms with Crippen LogP contribution in [0.3, 0.4) is 0 Å². The molecule has 0 saturated heterocycles. The largest absolute Gasteiger partial charge is 0.456 e. The summed E-state index contributed by atoms with van der Waals surface area (Å²) in [5.41, 5.74) is 0.0103. The number of rotatable bonds is 4. The zero-order valence-corrected chi connectivity index (χ0v) is 21.3. The molecule has 1 N–H and O–H groups in total. The van der Waals surface area contributed by atoms with Crippen molar-refractivity contribution in [2.45, 2.75) is 88.5 Å². The highest BCUT2D eigenvalue weighted by Crippen LogP contribution is 2.70. The maximum atomic E-state index is 15.0. The zero-order valence-electron chi connectivity index (χ0n) is 21.3. The molecule has 8 heteroatoms. The summed E-state index contributed by atoms with van der Waals surface area (Å²) in [5.74, 6) is -6.32. The van der Waals surface area contributed by atoms with E-state index in [0.29, 0.717) is 25.7 Å². The van der Waals surface area contributed by atoms with Crippen molar-refractivity contribution in [1.29, 1.82) is 0 Å². The third kappa shape index (κ3) is 3.76. The minimum absolute atomic E-state index is 0.0183. The van der Waals surface area contributed by atoms with Crippen molar-refractivity contribution in [3.63, 3.8) is 0 Å². The fourth-order valence-electron chi connectivity index (χ4n) is 7.85. The third-order valence-electron chi connectivity index (χ3n) is 9.92. The monoisotopic (exact) mass is 524 g/mol. The highest BCUT2D eigenvalue weighted by Gasteiger charge is 2.79. The van der Waals surface area contributed by atoms with Gasteiger partial charge in [0.2, 0.25) is 0 Å². The van der Waals surface area contributed by atoms with Gasteiger partial charge in [-0.1, -0.05) is 36.8 Å². The van der Waals surface area contributed by atoms with Crippen LogP contribution in [0.25, 0.3) is 0 Å². The Morgan fingerprint density at radius 2 is 1.73 bits per heavy atom. The van der Waals surface area contributed by atoms with E-state index in [1.165, 1.54) is 6.92 Å². The average molecular weight is 525 g/mol. The minimum atomic E-state index is -5.85. The first-order valence-electron chi connectivity index (χ1n) is 13.0. The summed E-state index contributed by atoms with van der Waals surface area (Å²) in [6, 6.07) is 7.58. The lowest BCUT2D eigenvalue weighted by atomic mass is 9.50. The minimum Gasteiger partial charge on any atom is -0.383 e. The summed E-state index contributed by atoms with van der Waals surface area (Å²) in [4.78, 5) is 12.1. The van der Waals surface area contributed by atoms with E-state index in [4.69, 9.17) is 4.74 Å². The number of carbonyl (C=O) groups is 1. The molecule has 2 saturated carbocycles. The molecule has 1 aromatic carbocycles. The topological polar surface area (TPSA) is 46.5 Å². The Labute approximate surface area is 213 Å². The van der Waals surface area contributed by atoms with Crippen molar-refractivity contribution in [3.05, 3.63) is 58.2 Å². The van der Waals surface area contributed by atoms with Crippen molar-refractivity contribution in [2.75, 3.05) is 7.11 Å². The van der Waals surface area contributed by atoms with Gasteiger partial charge in [-0.3, -0.25) is 4.79 Å². The SMILES string of the molecule is CO[C@@H](C)c1ccc([C@H]2C[C@@]3(C)[C@@H](CC[C@@]3(O)C(F)(F)C(F)(F)F)[C@@H]3CCC4=CC(=O)CCC4=C32)cc1. The van der Waals surface area contributed by atoms with E-state index in [0.717, 1.165) is 27.8 Å². The molecule has 0 aromatic heterocycles. The number of fused-ring (bicyclic) bond motifs is 4. The summed E-state index contributed by atoms with van der Waals surface area (Å²) >= 11 is 0. The summed E-state index contributed by atoms with van der Waals surface area (Å²) in [7, 11) is 1.60. The summed E-state index contributed by atoms with van der Waals surface area (Å²) < 4.78 is 76.4. The van der Waals surface area contributed by atoms with Crippen LogP contribution in [0.2, 0.25) is 0 Å². The molecule has 2 fully saturated rings. The fraction of sp³-hybridized carbons (Fsp3) is 0.621. The average Bonchev–Trinajstić information content (AvgIpc) is 3.13. The Kier molecular flexibility index (Phi) is 6.26. The van der Waals surface area contributed by atoms with Crippen molar-refractivity contribution >= 4 is 5.78 Å². The maximum absolute atomic E-state index is 15.0. The molecule has 4 aliphatic rings. The van der Waals surface area contributed by atoms with Gasteiger partial charge in [0.15, 0.2) is 5.78 Å². The highest BCUT2D eigenvalue weighted by atomic mass is 19.4. The second-order valence-electron chi connectivity index (χ2n) is 11.5. The van der Waals surface area contributed by atoms with E-state index in [9.17, 15) is 23.1 Å². The zero-order chi connectivity index (χ0) is 27.0. The number of benzene rings is 1. The summed E-state index contributed by atoms with van der Waals surface area (Å²) in [6.07, 6.45) is -2.76. The number of methoxy groups -OCH3 is 1. The van der Waals surface area contributed by atoms with Gasteiger partial charge in [0, 0.05) is 24.9 Å². The number of allylic oxidation sites excluding steroid dienone is 4. The lowest BCUT2D eigenvalue weighted by Crippen LogP contribution is -2.65. The number of hydrogen-bond donors (Lipinski definition) is 1. The first-order valence-corrected chi connectivity index (χ1v) is 13.0. The van der Waals surface area contributed by atoms with Gasteiger partial charge < -0.3 is 9.84 Å². The van der Waals surface area contributed by atoms with Gasteiger partial charge in [0.05, 0.1) is 6.10 Å². The molecule has 0 amide bonds. The number of hydrogen-bond acceptors (Lipinski definition) is 3. The molecule has 0 bridgehead atoms. The molecule has 0 unspecified atom stereocenters. The standard InChI is InChI=1S/C29H33F5O3/c1-16(37-3)17-4-6-18(7-5-17)23-15-26(2)24(12-13-27(26,36)28(30,31)29(32,33)34)22-10-8-19-14-20(35)9-11-21(19)25(22)23/h4-7,14,16,22-24,36H,8-13,15H2,1-3H3/t16-,22-,23+,24-,26-,27-/m0/s1. The molecule has 0 aliphatic heterocycles. The molecule has 0 radical (unpaired) electrons. The molecule has 5 rings (SSSR count). The van der Waals surface area contributed by atoms with Crippen molar-refractivity contribution in [3.8, 4) is 0 Å². The number of alkyl halides is 5. The normalized spacial score (nSPS) is 35.0. The number of ether oxygens (including phenoxy) is 1. The van der Waals surface area contributed by atoms with E-state index in [-0.39, 0.29) is 30.6 Å². The van der Waals surface area contributed by atoms with E-state index in [1.54, 1.807) is 13.2 Å². The summed E-state index contributed by atoms with van der Waals surface area (Å²) in [6.45, 7) is 3.34. The van der Waals surface area contributed by atoms with Gasteiger partial charge >= 0.3 is 12.1 Å². The number of ketones is 1. The van der Waals surface area contributed by atoms with Gasteiger partial charge in [0.25, 0.3) is 0 Å². The molecule has 1 aromatic rings. The van der Waals surface area contributed by atoms with E-state index >= 15 is 8.78 Å². The van der Waals surface area contributed by atoms with Crippen molar-refractivity contribution in [1.82, 2.24) is 0 Å². The maximum Gasteiger partial charge on any atom is 0.456 e. The Bertz CT molecular complexity index is 1150. The van der Waals surface area contributed by atoms with Crippen LogP contribution in [0, 0.1) is 17.3 Å². The van der Waals surface area contributed by atoms with Gasteiger partial charge in [-0.05, 0) is 85.6 Å².